The highest BCUT2D eigenvalue weighted by molar-refractivity contribution is 7.89. The lowest BCUT2D eigenvalue weighted by atomic mass is 10.2. The topological polar surface area (TPSA) is 76.3 Å². The van der Waals surface area contributed by atoms with Crippen LogP contribution in [0.25, 0.3) is 0 Å². The highest BCUT2D eigenvalue weighted by atomic mass is 35.5. The minimum absolute atomic E-state index is 0.192. The number of rotatable bonds is 5. The van der Waals surface area contributed by atoms with Crippen molar-refractivity contribution in [2.45, 2.75) is 24.9 Å². The Labute approximate surface area is 133 Å². The normalized spacial score (nSPS) is 12.0. The third-order valence-electron chi connectivity index (χ3n) is 3.16. The molecule has 2 aromatic rings. The molecule has 0 amide bonds. The fraction of sp³-hybridized carbons (Fsp3) is 0.308. The lowest BCUT2D eigenvalue weighted by Crippen LogP contribution is -2.26. The summed E-state index contributed by atoms with van der Waals surface area (Å²) in [6.07, 6.45) is 0. The monoisotopic (exact) mass is 345 g/mol. The molecular formula is C13H16ClN3O2S2. The molecule has 0 radical (unpaired) electrons. The van der Waals surface area contributed by atoms with Gasteiger partial charge in [-0.15, -0.1) is 11.3 Å². The Morgan fingerprint density at radius 3 is 2.71 bits per heavy atom. The number of hydrogen-bond donors (Lipinski definition) is 1. The van der Waals surface area contributed by atoms with Gasteiger partial charge in [-0.25, -0.2) is 13.4 Å². The quantitative estimate of drug-likeness (QED) is 0.902. The van der Waals surface area contributed by atoms with E-state index in [1.807, 2.05) is 6.92 Å². The van der Waals surface area contributed by atoms with E-state index in [0.29, 0.717) is 17.1 Å². The third-order valence-corrected chi connectivity index (χ3v) is 6.24. The van der Waals surface area contributed by atoms with E-state index in [4.69, 9.17) is 17.3 Å². The molecule has 0 spiro atoms. The van der Waals surface area contributed by atoms with Gasteiger partial charge >= 0.3 is 0 Å². The Kier molecular flexibility index (Phi) is 5.00. The number of nitrogens with two attached hydrogens (primary N) is 1. The number of hydrogen-bond acceptors (Lipinski definition) is 5. The fourth-order valence-corrected chi connectivity index (χ4v) is 4.11. The molecule has 0 saturated heterocycles. The molecule has 0 aliphatic carbocycles. The maximum Gasteiger partial charge on any atom is 0.243 e. The number of halogens is 1. The summed E-state index contributed by atoms with van der Waals surface area (Å²) in [6, 6.07) is 4.57. The molecule has 0 aliphatic heterocycles. The summed E-state index contributed by atoms with van der Waals surface area (Å²) in [4.78, 5) is 5.24. The Bertz CT molecular complexity index is 744. The zero-order valence-corrected chi connectivity index (χ0v) is 14.1. The first-order chi connectivity index (χ1) is 9.86. The minimum atomic E-state index is -3.58. The lowest BCUT2D eigenvalue weighted by molar-refractivity contribution is 0.468. The molecule has 0 bridgehead atoms. The summed E-state index contributed by atoms with van der Waals surface area (Å²) in [5, 5.41) is 0.470. The standard InChI is InChI=1S/C13H16ClN3O2S2/c1-9-13(20-8-16-9)7-17(2)21(18,19)11-3-4-12(14)10(5-11)6-15/h3-5,8H,6-7,15H2,1-2H3. The maximum atomic E-state index is 12.6. The Balaban J connectivity index is 2.31. The summed E-state index contributed by atoms with van der Waals surface area (Å²) in [7, 11) is -2.04. The van der Waals surface area contributed by atoms with Gasteiger partial charge in [0.25, 0.3) is 0 Å². The van der Waals surface area contributed by atoms with Gasteiger partial charge in [0.1, 0.15) is 0 Å². The second kappa shape index (κ2) is 6.41. The molecule has 1 aromatic heterocycles. The molecule has 1 heterocycles. The van der Waals surface area contributed by atoms with Crippen LogP contribution in [0.4, 0.5) is 0 Å². The van der Waals surface area contributed by atoms with Crippen molar-refractivity contribution in [1.29, 1.82) is 0 Å². The van der Waals surface area contributed by atoms with Gasteiger partial charge in [0.2, 0.25) is 10.0 Å². The van der Waals surface area contributed by atoms with Crippen molar-refractivity contribution in [2.24, 2.45) is 5.73 Å². The summed E-state index contributed by atoms with van der Waals surface area (Å²) >= 11 is 7.41. The average molecular weight is 346 g/mol. The molecule has 0 fully saturated rings. The molecule has 2 rings (SSSR count). The first-order valence-corrected chi connectivity index (χ1v) is 8.90. The van der Waals surface area contributed by atoms with Crippen molar-refractivity contribution in [3.8, 4) is 0 Å². The second-order valence-electron chi connectivity index (χ2n) is 4.58. The van der Waals surface area contributed by atoms with E-state index in [1.54, 1.807) is 18.6 Å². The van der Waals surface area contributed by atoms with Gasteiger partial charge in [0.15, 0.2) is 0 Å². The Morgan fingerprint density at radius 1 is 1.43 bits per heavy atom. The van der Waals surface area contributed by atoms with Gasteiger partial charge in [0, 0.05) is 30.0 Å². The van der Waals surface area contributed by atoms with Gasteiger partial charge in [-0.05, 0) is 30.7 Å². The van der Waals surface area contributed by atoms with Crippen molar-refractivity contribution in [3.63, 3.8) is 0 Å². The van der Waals surface area contributed by atoms with Crippen LogP contribution >= 0.6 is 22.9 Å². The number of nitrogens with zero attached hydrogens (tertiary/aromatic N) is 2. The lowest BCUT2D eigenvalue weighted by Gasteiger charge is -2.17. The molecule has 114 valence electrons. The maximum absolute atomic E-state index is 12.6. The van der Waals surface area contributed by atoms with Crippen LogP contribution in [0.15, 0.2) is 28.6 Å². The third kappa shape index (κ3) is 3.44. The van der Waals surface area contributed by atoms with E-state index in [9.17, 15) is 8.42 Å². The van der Waals surface area contributed by atoms with Gasteiger partial charge in [0.05, 0.1) is 16.1 Å². The largest absolute Gasteiger partial charge is 0.326 e. The zero-order valence-electron chi connectivity index (χ0n) is 11.7. The van der Waals surface area contributed by atoms with Gasteiger partial charge in [-0.3, -0.25) is 0 Å². The van der Waals surface area contributed by atoms with Crippen LogP contribution in [0.3, 0.4) is 0 Å². The van der Waals surface area contributed by atoms with E-state index in [-0.39, 0.29) is 11.4 Å². The van der Waals surface area contributed by atoms with Crippen LogP contribution < -0.4 is 5.73 Å². The van der Waals surface area contributed by atoms with Crippen molar-refractivity contribution >= 4 is 33.0 Å². The summed E-state index contributed by atoms with van der Waals surface area (Å²) < 4.78 is 26.5. The highest BCUT2D eigenvalue weighted by Crippen LogP contribution is 2.24. The van der Waals surface area contributed by atoms with E-state index in [0.717, 1.165) is 10.6 Å². The summed E-state index contributed by atoms with van der Waals surface area (Å²) in [6.45, 7) is 2.35. The van der Waals surface area contributed by atoms with E-state index >= 15 is 0 Å². The van der Waals surface area contributed by atoms with Crippen molar-refractivity contribution in [1.82, 2.24) is 9.29 Å². The number of aromatic nitrogens is 1. The van der Waals surface area contributed by atoms with Crippen molar-refractivity contribution < 1.29 is 8.42 Å². The molecule has 0 saturated carbocycles. The SMILES string of the molecule is Cc1ncsc1CN(C)S(=O)(=O)c1ccc(Cl)c(CN)c1. The van der Waals surface area contributed by atoms with E-state index in [2.05, 4.69) is 4.98 Å². The number of aryl methyl sites for hydroxylation is 1. The van der Waals surface area contributed by atoms with Crippen LogP contribution in [0.2, 0.25) is 5.02 Å². The molecule has 5 nitrogen and oxygen atoms in total. The van der Waals surface area contributed by atoms with E-state index < -0.39 is 10.0 Å². The first kappa shape index (κ1) is 16.4. The predicted molar refractivity (Wildman–Crippen MR) is 84.8 cm³/mol. The zero-order chi connectivity index (χ0) is 15.6. The Morgan fingerprint density at radius 2 is 2.14 bits per heavy atom. The molecule has 8 heteroatoms. The fourth-order valence-electron chi connectivity index (χ4n) is 1.81. The highest BCUT2D eigenvalue weighted by Gasteiger charge is 2.22. The molecule has 21 heavy (non-hydrogen) atoms. The molecule has 0 atom stereocenters. The smallest absolute Gasteiger partial charge is 0.243 e. The number of sulfonamides is 1. The van der Waals surface area contributed by atoms with Crippen molar-refractivity contribution in [2.75, 3.05) is 7.05 Å². The second-order valence-corrected chi connectivity index (χ2v) is 7.97. The van der Waals surface area contributed by atoms with Gasteiger partial charge < -0.3 is 5.73 Å². The Hall–Kier alpha value is -0.990. The van der Waals surface area contributed by atoms with Gasteiger partial charge in [-0.2, -0.15) is 4.31 Å². The van der Waals surface area contributed by atoms with Crippen LogP contribution in [0.5, 0.6) is 0 Å². The summed E-state index contributed by atoms with van der Waals surface area (Å²) in [5.74, 6) is 0. The number of thiazole rings is 1. The molecule has 2 N–H and O–H groups in total. The van der Waals surface area contributed by atoms with Gasteiger partial charge in [-0.1, -0.05) is 11.6 Å². The average Bonchev–Trinajstić information content (AvgIpc) is 2.84. The minimum Gasteiger partial charge on any atom is -0.326 e. The number of benzene rings is 1. The van der Waals surface area contributed by atoms with Crippen LogP contribution in [-0.4, -0.2) is 24.8 Å². The molecule has 1 aromatic carbocycles. The molecular weight excluding hydrogens is 330 g/mol. The first-order valence-electron chi connectivity index (χ1n) is 6.20. The summed E-state index contributed by atoms with van der Waals surface area (Å²) in [5.41, 5.74) is 8.74. The van der Waals surface area contributed by atoms with Crippen LogP contribution in [-0.2, 0) is 23.1 Å². The van der Waals surface area contributed by atoms with Crippen LogP contribution in [0, 0.1) is 6.92 Å². The van der Waals surface area contributed by atoms with Crippen LogP contribution in [0.1, 0.15) is 16.1 Å². The van der Waals surface area contributed by atoms with E-state index in [1.165, 1.54) is 27.8 Å². The molecule has 0 aliphatic rings. The predicted octanol–water partition coefficient (Wildman–Crippen LogP) is 2.38. The molecule has 0 unspecified atom stereocenters. The van der Waals surface area contributed by atoms with Crippen molar-refractivity contribution in [3.05, 3.63) is 44.9 Å².